The molecule has 0 saturated carbocycles. The summed E-state index contributed by atoms with van der Waals surface area (Å²) in [6.45, 7) is 7.62. The molecule has 0 amide bonds. The van der Waals surface area contributed by atoms with Crippen molar-refractivity contribution < 1.29 is 4.74 Å². The van der Waals surface area contributed by atoms with E-state index in [9.17, 15) is 0 Å². The minimum Gasteiger partial charge on any atom is -0.361 e. The molecule has 1 rings (SSSR count). The second-order valence-electron chi connectivity index (χ2n) is 3.98. The van der Waals surface area contributed by atoms with Gasteiger partial charge in [0.25, 0.3) is 0 Å². The van der Waals surface area contributed by atoms with Gasteiger partial charge in [-0.3, -0.25) is 5.32 Å². The molecule has 1 aliphatic rings. The molecule has 0 spiro atoms. The van der Waals surface area contributed by atoms with Crippen LogP contribution in [0.5, 0.6) is 0 Å². The van der Waals surface area contributed by atoms with Crippen LogP contribution >= 0.6 is 0 Å². The van der Waals surface area contributed by atoms with Crippen LogP contribution in [0.25, 0.3) is 0 Å². The fraction of sp³-hybridized carbons (Fsp3) is 1.00. The first-order valence-electron chi connectivity index (χ1n) is 5.69. The van der Waals surface area contributed by atoms with Gasteiger partial charge in [0.2, 0.25) is 0 Å². The average molecular weight is 185 g/mol. The van der Waals surface area contributed by atoms with Gasteiger partial charge in [-0.1, -0.05) is 27.2 Å². The molecule has 2 unspecified atom stereocenters. The number of ether oxygens (including phenoxy) is 1. The Bertz CT molecular complexity index is 138. The fourth-order valence-corrected chi connectivity index (χ4v) is 2.00. The summed E-state index contributed by atoms with van der Waals surface area (Å²) in [7, 11) is 0. The van der Waals surface area contributed by atoms with E-state index in [1.54, 1.807) is 0 Å². The van der Waals surface area contributed by atoms with Gasteiger partial charge in [0.1, 0.15) is 6.23 Å². The molecule has 0 aromatic rings. The Morgan fingerprint density at radius 1 is 1.38 bits per heavy atom. The van der Waals surface area contributed by atoms with Crippen molar-refractivity contribution in [3.8, 4) is 0 Å². The molecule has 0 bridgehead atoms. The van der Waals surface area contributed by atoms with Crippen LogP contribution in [0.3, 0.4) is 0 Å². The van der Waals surface area contributed by atoms with E-state index in [0.717, 1.165) is 6.61 Å². The van der Waals surface area contributed by atoms with Crippen molar-refractivity contribution >= 4 is 0 Å². The van der Waals surface area contributed by atoms with Crippen LogP contribution < -0.4 is 5.32 Å². The molecule has 1 saturated heterocycles. The van der Waals surface area contributed by atoms with Crippen molar-refractivity contribution in [1.82, 2.24) is 5.32 Å². The Kier molecular flexibility index (Phi) is 4.74. The van der Waals surface area contributed by atoms with Crippen molar-refractivity contribution in [2.24, 2.45) is 5.92 Å². The monoisotopic (exact) mass is 185 g/mol. The Morgan fingerprint density at radius 3 is 2.62 bits per heavy atom. The summed E-state index contributed by atoms with van der Waals surface area (Å²) in [6, 6.07) is 0.593. The zero-order valence-corrected chi connectivity index (χ0v) is 9.18. The van der Waals surface area contributed by atoms with Gasteiger partial charge in [-0.05, 0) is 25.2 Å². The van der Waals surface area contributed by atoms with Gasteiger partial charge in [0.15, 0.2) is 0 Å². The highest BCUT2D eigenvalue weighted by Gasteiger charge is 2.28. The summed E-state index contributed by atoms with van der Waals surface area (Å²) in [5.41, 5.74) is 0. The molecule has 1 aliphatic heterocycles. The van der Waals surface area contributed by atoms with Crippen molar-refractivity contribution in [2.45, 2.75) is 58.7 Å². The van der Waals surface area contributed by atoms with Gasteiger partial charge in [0.05, 0.1) is 6.61 Å². The minimum absolute atomic E-state index is 0.329. The van der Waals surface area contributed by atoms with Gasteiger partial charge < -0.3 is 4.74 Å². The number of hydrogen-bond donors (Lipinski definition) is 1. The van der Waals surface area contributed by atoms with Crippen LogP contribution in [0.2, 0.25) is 0 Å². The Labute approximate surface area is 82.0 Å². The quantitative estimate of drug-likeness (QED) is 0.710. The Morgan fingerprint density at radius 2 is 2.15 bits per heavy atom. The molecule has 0 aromatic heterocycles. The van der Waals surface area contributed by atoms with E-state index < -0.39 is 0 Å². The molecule has 78 valence electrons. The maximum Gasteiger partial charge on any atom is 0.111 e. The van der Waals surface area contributed by atoms with E-state index in [4.69, 9.17) is 4.74 Å². The number of hydrogen-bond acceptors (Lipinski definition) is 2. The lowest BCUT2D eigenvalue weighted by atomic mass is 9.99. The second kappa shape index (κ2) is 5.61. The third kappa shape index (κ3) is 2.96. The lowest BCUT2D eigenvalue weighted by Crippen LogP contribution is -2.35. The molecule has 13 heavy (non-hydrogen) atoms. The van der Waals surface area contributed by atoms with Crippen molar-refractivity contribution in [3.05, 3.63) is 0 Å². The highest BCUT2D eigenvalue weighted by Crippen LogP contribution is 2.21. The molecule has 3 atom stereocenters. The van der Waals surface area contributed by atoms with Crippen LogP contribution in [0.4, 0.5) is 0 Å². The molecule has 1 fully saturated rings. The molecular formula is C11H23NO. The zero-order chi connectivity index (χ0) is 9.68. The van der Waals surface area contributed by atoms with E-state index in [2.05, 4.69) is 26.1 Å². The van der Waals surface area contributed by atoms with E-state index >= 15 is 0 Å². The summed E-state index contributed by atoms with van der Waals surface area (Å²) in [5, 5.41) is 3.55. The van der Waals surface area contributed by atoms with Crippen LogP contribution in [0.15, 0.2) is 0 Å². The summed E-state index contributed by atoms with van der Waals surface area (Å²) in [5.74, 6) is 0.710. The SMILES string of the molecule is CCCC(CC)C1N[C@H](CC)CO1. The summed E-state index contributed by atoms with van der Waals surface area (Å²) < 4.78 is 5.75. The van der Waals surface area contributed by atoms with Crippen LogP contribution in [0.1, 0.15) is 46.5 Å². The Hall–Kier alpha value is -0.0800. The first-order valence-corrected chi connectivity index (χ1v) is 5.69. The maximum absolute atomic E-state index is 5.75. The van der Waals surface area contributed by atoms with Crippen LogP contribution in [0, 0.1) is 5.92 Å². The predicted octanol–water partition coefficient (Wildman–Crippen LogP) is 2.54. The average Bonchev–Trinajstić information content (AvgIpc) is 2.62. The summed E-state index contributed by atoms with van der Waals surface area (Å²) in [4.78, 5) is 0. The second-order valence-corrected chi connectivity index (χ2v) is 3.98. The first-order chi connectivity index (χ1) is 6.31. The lowest BCUT2D eigenvalue weighted by Gasteiger charge is -2.21. The smallest absolute Gasteiger partial charge is 0.111 e. The van der Waals surface area contributed by atoms with E-state index in [1.807, 2.05) is 0 Å². The molecule has 0 aliphatic carbocycles. The van der Waals surface area contributed by atoms with Gasteiger partial charge in [-0.25, -0.2) is 0 Å². The van der Waals surface area contributed by atoms with Gasteiger partial charge in [-0.15, -0.1) is 0 Å². The largest absolute Gasteiger partial charge is 0.361 e. The molecule has 2 heteroatoms. The third-order valence-electron chi connectivity index (χ3n) is 2.98. The summed E-state index contributed by atoms with van der Waals surface area (Å²) in [6.07, 6.45) is 5.28. The normalized spacial score (nSPS) is 30.7. The number of rotatable bonds is 5. The van der Waals surface area contributed by atoms with Crippen LogP contribution in [-0.2, 0) is 4.74 Å². The lowest BCUT2D eigenvalue weighted by molar-refractivity contribution is 0.0462. The molecule has 0 radical (unpaired) electrons. The Balaban J connectivity index is 2.33. The molecule has 2 nitrogen and oxygen atoms in total. The van der Waals surface area contributed by atoms with Gasteiger partial charge in [0, 0.05) is 6.04 Å². The van der Waals surface area contributed by atoms with Crippen molar-refractivity contribution in [2.75, 3.05) is 6.61 Å². The maximum atomic E-state index is 5.75. The predicted molar refractivity (Wildman–Crippen MR) is 55.6 cm³/mol. The third-order valence-corrected chi connectivity index (χ3v) is 2.98. The minimum atomic E-state index is 0.329. The van der Waals surface area contributed by atoms with Crippen molar-refractivity contribution in [1.29, 1.82) is 0 Å². The standard InChI is InChI=1S/C11H23NO/c1-4-7-9(5-2)11-12-10(6-3)8-13-11/h9-12H,4-8H2,1-3H3/t9?,10-,11?/m1/s1. The fourth-order valence-electron chi connectivity index (χ4n) is 2.00. The zero-order valence-electron chi connectivity index (χ0n) is 9.18. The molecular weight excluding hydrogens is 162 g/mol. The van der Waals surface area contributed by atoms with Gasteiger partial charge >= 0.3 is 0 Å². The topological polar surface area (TPSA) is 21.3 Å². The molecule has 1 N–H and O–H groups in total. The van der Waals surface area contributed by atoms with E-state index in [1.165, 1.54) is 25.7 Å². The van der Waals surface area contributed by atoms with E-state index in [0.29, 0.717) is 18.2 Å². The highest BCUT2D eigenvalue weighted by molar-refractivity contribution is 4.78. The van der Waals surface area contributed by atoms with Crippen molar-refractivity contribution in [3.63, 3.8) is 0 Å². The molecule has 1 heterocycles. The highest BCUT2D eigenvalue weighted by atomic mass is 16.5. The number of nitrogens with one attached hydrogen (secondary N) is 1. The first kappa shape index (κ1) is 11.0. The molecule has 0 aromatic carbocycles. The van der Waals surface area contributed by atoms with Crippen LogP contribution in [-0.4, -0.2) is 18.9 Å². The van der Waals surface area contributed by atoms with Gasteiger partial charge in [-0.2, -0.15) is 0 Å². The van der Waals surface area contributed by atoms with E-state index in [-0.39, 0.29) is 0 Å². The summed E-state index contributed by atoms with van der Waals surface area (Å²) >= 11 is 0.